The van der Waals surface area contributed by atoms with Gasteiger partial charge in [-0.1, -0.05) is 20.4 Å². The normalized spacial score (nSPS) is 14.1. The maximum atomic E-state index is 10.5. The van der Waals surface area contributed by atoms with Crippen LogP contribution in [0.1, 0.15) is 13.8 Å². The molecule has 0 aliphatic carbocycles. The van der Waals surface area contributed by atoms with E-state index in [1.54, 1.807) is 0 Å². The SMILES string of the molecule is C=C[S@](=O)C(C)C. The highest BCUT2D eigenvalue weighted by Gasteiger charge is 1.95. The summed E-state index contributed by atoms with van der Waals surface area (Å²) in [4.78, 5) is 0. The molecule has 0 radical (unpaired) electrons. The average Bonchev–Trinajstić information content (AvgIpc) is 1.65. The van der Waals surface area contributed by atoms with Crippen molar-refractivity contribution in [2.45, 2.75) is 19.1 Å². The first-order valence-corrected chi connectivity index (χ1v) is 3.48. The van der Waals surface area contributed by atoms with Crippen LogP contribution in [0.5, 0.6) is 0 Å². The van der Waals surface area contributed by atoms with Crippen LogP contribution in [0.15, 0.2) is 12.0 Å². The lowest BCUT2D eigenvalue weighted by molar-refractivity contribution is 0.682. The van der Waals surface area contributed by atoms with E-state index in [1.807, 2.05) is 13.8 Å². The first-order valence-electron chi connectivity index (χ1n) is 2.20. The third kappa shape index (κ3) is 2.57. The van der Waals surface area contributed by atoms with Gasteiger partial charge in [0.15, 0.2) is 0 Å². The molecule has 1 nitrogen and oxygen atoms in total. The lowest BCUT2D eigenvalue weighted by Crippen LogP contribution is -1.99. The molecule has 0 fully saturated rings. The zero-order valence-electron chi connectivity index (χ0n) is 4.68. The maximum absolute atomic E-state index is 10.5. The molecule has 0 heterocycles. The molecule has 0 aromatic rings. The summed E-state index contributed by atoms with van der Waals surface area (Å²) >= 11 is 0. The largest absolute Gasteiger partial charge is 0.255 e. The van der Waals surface area contributed by atoms with Gasteiger partial charge in [-0.15, -0.1) is 0 Å². The van der Waals surface area contributed by atoms with Crippen molar-refractivity contribution in [2.24, 2.45) is 0 Å². The van der Waals surface area contributed by atoms with E-state index in [0.717, 1.165) is 0 Å². The van der Waals surface area contributed by atoms with Crippen LogP contribution in [0.25, 0.3) is 0 Å². The summed E-state index contributed by atoms with van der Waals surface area (Å²) in [6.45, 7) is 7.18. The summed E-state index contributed by atoms with van der Waals surface area (Å²) in [5.74, 6) is 0. The molecule has 2 heteroatoms. The van der Waals surface area contributed by atoms with E-state index in [2.05, 4.69) is 6.58 Å². The minimum atomic E-state index is -0.815. The highest BCUT2D eigenvalue weighted by molar-refractivity contribution is 7.88. The lowest BCUT2D eigenvalue weighted by Gasteiger charge is -1.94. The van der Waals surface area contributed by atoms with E-state index in [0.29, 0.717) is 0 Å². The van der Waals surface area contributed by atoms with Crippen LogP contribution >= 0.6 is 0 Å². The van der Waals surface area contributed by atoms with Gasteiger partial charge in [-0.25, -0.2) is 0 Å². The molecule has 0 amide bonds. The highest BCUT2D eigenvalue weighted by atomic mass is 32.2. The van der Waals surface area contributed by atoms with Gasteiger partial charge in [0.25, 0.3) is 0 Å². The molecule has 0 bridgehead atoms. The van der Waals surface area contributed by atoms with Gasteiger partial charge in [-0.05, 0) is 5.41 Å². The van der Waals surface area contributed by atoms with Crippen molar-refractivity contribution < 1.29 is 4.21 Å². The molecule has 7 heavy (non-hydrogen) atoms. The topological polar surface area (TPSA) is 17.1 Å². The summed E-state index contributed by atoms with van der Waals surface area (Å²) in [7, 11) is -0.815. The third-order valence-electron chi connectivity index (χ3n) is 0.629. The van der Waals surface area contributed by atoms with Gasteiger partial charge in [0.2, 0.25) is 0 Å². The third-order valence-corrected chi connectivity index (χ3v) is 1.89. The van der Waals surface area contributed by atoms with Gasteiger partial charge in [0.05, 0.1) is 0 Å². The average molecular weight is 118 g/mol. The Morgan fingerprint density at radius 1 is 1.71 bits per heavy atom. The molecule has 42 valence electrons. The molecule has 0 spiro atoms. The van der Waals surface area contributed by atoms with Crippen LogP contribution in [-0.4, -0.2) is 9.46 Å². The van der Waals surface area contributed by atoms with Crippen molar-refractivity contribution >= 4 is 10.8 Å². The van der Waals surface area contributed by atoms with Gasteiger partial charge >= 0.3 is 0 Å². The Balaban J connectivity index is 3.56. The summed E-state index contributed by atoms with van der Waals surface area (Å²) in [6, 6.07) is 0. The predicted molar refractivity (Wildman–Crippen MR) is 33.5 cm³/mol. The second kappa shape index (κ2) is 2.97. The van der Waals surface area contributed by atoms with Gasteiger partial charge < -0.3 is 0 Å². The lowest BCUT2D eigenvalue weighted by atomic mass is 10.6. The second-order valence-electron chi connectivity index (χ2n) is 1.54. The standard InChI is InChI=1S/C5H10OS/c1-4-7(6)5(2)3/h4-5H,1H2,2-3H3/t7-/m0/s1. The van der Waals surface area contributed by atoms with Crippen LogP contribution in [-0.2, 0) is 10.8 Å². The fraction of sp³-hybridized carbons (Fsp3) is 0.600. The fourth-order valence-electron chi connectivity index (χ4n) is 0.192. The molecule has 0 aliphatic rings. The van der Waals surface area contributed by atoms with Crippen LogP contribution in [0.2, 0.25) is 0 Å². The monoisotopic (exact) mass is 118 g/mol. The number of hydrogen-bond donors (Lipinski definition) is 0. The summed E-state index contributed by atoms with van der Waals surface area (Å²) in [6.07, 6.45) is 0. The zero-order valence-corrected chi connectivity index (χ0v) is 5.49. The van der Waals surface area contributed by atoms with E-state index >= 15 is 0 Å². The summed E-state index contributed by atoms with van der Waals surface area (Å²) < 4.78 is 10.5. The van der Waals surface area contributed by atoms with E-state index in [1.165, 1.54) is 5.41 Å². The Bertz CT molecular complexity index is 86.1. The molecular weight excluding hydrogens is 108 g/mol. The number of rotatable bonds is 2. The Kier molecular flexibility index (Phi) is 2.92. The Hall–Kier alpha value is -0.110. The highest BCUT2D eigenvalue weighted by Crippen LogP contribution is 1.92. The smallest absolute Gasteiger partial charge is 0.0475 e. The van der Waals surface area contributed by atoms with Crippen molar-refractivity contribution in [3.8, 4) is 0 Å². The molecule has 0 unspecified atom stereocenters. The minimum absolute atomic E-state index is 0.220. The van der Waals surface area contributed by atoms with Crippen molar-refractivity contribution in [3.05, 3.63) is 12.0 Å². The minimum Gasteiger partial charge on any atom is -0.255 e. The fourth-order valence-corrected chi connectivity index (χ4v) is 0.577. The Morgan fingerprint density at radius 2 is 2.14 bits per heavy atom. The summed E-state index contributed by atoms with van der Waals surface area (Å²) in [5, 5.41) is 1.68. The molecule has 0 aromatic heterocycles. The number of hydrogen-bond acceptors (Lipinski definition) is 1. The van der Waals surface area contributed by atoms with Crippen LogP contribution in [0.4, 0.5) is 0 Å². The quantitative estimate of drug-likeness (QED) is 0.534. The van der Waals surface area contributed by atoms with Crippen LogP contribution < -0.4 is 0 Å². The van der Waals surface area contributed by atoms with E-state index in [-0.39, 0.29) is 5.25 Å². The molecular formula is C5H10OS. The van der Waals surface area contributed by atoms with E-state index in [4.69, 9.17) is 0 Å². The van der Waals surface area contributed by atoms with Crippen LogP contribution in [0, 0.1) is 0 Å². The van der Waals surface area contributed by atoms with Gasteiger partial charge in [0, 0.05) is 16.0 Å². The van der Waals surface area contributed by atoms with Gasteiger partial charge in [0.1, 0.15) is 0 Å². The van der Waals surface area contributed by atoms with E-state index < -0.39 is 10.8 Å². The van der Waals surface area contributed by atoms with Gasteiger partial charge in [-0.3, -0.25) is 4.21 Å². The summed E-state index contributed by atoms with van der Waals surface area (Å²) in [5.41, 5.74) is 0. The first kappa shape index (κ1) is 6.89. The van der Waals surface area contributed by atoms with Crippen LogP contribution in [0.3, 0.4) is 0 Å². The van der Waals surface area contributed by atoms with Crippen molar-refractivity contribution in [1.29, 1.82) is 0 Å². The second-order valence-corrected chi connectivity index (χ2v) is 3.48. The maximum Gasteiger partial charge on any atom is 0.0475 e. The Morgan fingerprint density at radius 3 is 2.14 bits per heavy atom. The molecule has 0 rings (SSSR count). The molecule has 0 aliphatic heterocycles. The molecule has 0 saturated heterocycles. The molecule has 0 aromatic carbocycles. The molecule has 0 N–H and O–H groups in total. The zero-order chi connectivity index (χ0) is 5.86. The molecule has 0 saturated carbocycles. The van der Waals surface area contributed by atoms with E-state index in [9.17, 15) is 4.21 Å². The van der Waals surface area contributed by atoms with Crippen molar-refractivity contribution in [3.63, 3.8) is 0 Å². The van der Waals surface area contributed by atoms with Gasteiger partial charge in [-0.2, -0.15) is 0 Å². The van der Waals surface area contributed by atoms with Crippen molar-refractivity contribution in [2.75, 3.05) is 0 Å². The Labute approximate surface area is 46.9 Å². The predicted octanol–water partition coefficient (Wildman–Crippen LogP) is 1.29. The van der Waals surface area contributed by atoms with Crippen molar-refractivity contribution in [1.82, 2.24) is 0 Å². The first-order chi connectivity index (χ1) is 3.18. The molecule has 1 atom stereocenters.